The van der Waals surface area contributed by atoms with Crippen LogP contribution in [0.15, 0.2) is 42.6 Å². The molecule has 0 aliphatic carbocycles. The number of hydrogen-bond donors (Lipinski definition) is 2. The fourth-order valence-corrected chi connectivity index (χ4v) is 3.17. The molecule has 0 saturated heterocycles. The summed E-state index contributed by atoms with van der Waals surface area (Å²) in [6.07, 6.45) is 3.30. The van der Waals surface area contributed by atoms with Crippen molar-refractivity contribution in [2.75, 3.05) is 7.11 Å². The number of aryl methyl sites for hydroxylation is 2. The zero-order valence-electron chi connectivity index (χ0n) is 14.9. The molecule has 140 valence electrons. The fraction of sp³-hybridized carbons (Fsp3) is 0.250. The number of aliphatic hydroxyl groups is 1. The van der Waals surface area contributed by atoms with Crippen molar-refractivity contribution in [2.24, 2.45) is 0 Å². The van der Waals surface area contributed by atoms with Gasteiger partial charge in [0.2, 0.25) is 0 Å². The number of nitro groups is 1. The Morgan fingerprint density at radius 3 is 2.67 bits per heavy atom. The van der Waals surface area contributed by atoms with Gasteiger partial charge in [-0.15, -0.1) is 0 Å². The van der Waals surface area contributed by atoms with Crippen LogP contribution in [-0.2, 0) is 19.4 Å². The summed E-state index contributed by atoms with van der Waals surface area (Å²) in [7, 11) is 1.57. The first kappa shape index (κ1) is 18.6. The summed E-state index contributed by atoms with van der Waals surface area (Å²) in [6.45, 7) is -0.0573. The van der Waals surface area contributed by atoms with E-state index in [4.69, 9.17) is 4.74 Å². The molecule has 2 aromatic carbocycles. The predicted octanol–water partition coefficient (Wildman–Crippen LogP) is 3.52. The maximum atomic E-state index is 11.4. The Labute approximate surface area is 156 Å². The lowest BCUT2D eigenvalue weighted by Crippen LogP contribution is -1.98. The van der Waals surface area contributed by atoms with Gasteiger partial charge in [0.15, 0.2) is 0 Å². The molecule has 0 unspecified atom stereocenters. The SMILES string of the molecule is COc1cc(CO)ccc1CCCc1cc([N+](=O)[O-])c2cccnc2c1O. The van der Waals surface area contributed by atoms with E-state index in [1.165, 1.54) is 12.3 Å². The van der Waals surface area contributed by atoms with E-state index in [0.717, 1.165) is 11.1 Å². The molecular weight excluding hydrogens is 348 g/mol. The Hall–Kier alpha value is -3.19. The van der Waals surface area contributed by atoms with E-state index in [-0.39, 0.29) is 23.6 Å². The first-order valence-electron chi connectivity index (χ1n) is 8.55. The normalized spacial score (nSPS) is 10.9. The van der Waals surface area contributed by atoms with Crippen molar-refractivity contribution in [3.05, 3.63) is 69.4 Å². The minimum Gasteiger partial charge on any atom is -0.505 e. The number of rotatable bonds is 7. The maximum absolute atomic E-state index is 11.4. The number of pyridine rings is 1. The molecule has 27 heavy (non-hydrogen) atoms. The van der Waals surface area contributed by atoms with Gasteiger partial charge in [0.05, 0.1) is 24.0 Å². The van der Waals surface area contributed by atoms with Crippen molar-refractivity contribution in [3.63, 3.8) is 0 Å². The molecule has 3 rings (SSSR count). The number of nitrogens with zero attached hydrogens (tertiary/aromatic N) is 2. The van der Waals surface area contributed by atoms with E-state index < -0.39 is 4.92 Å². The number of ether oxygens (including phenoxy) is 1. The summed E-state index contributed by atoms with van der Waals surface area (Å²) in [5, 5.41) is 31.4. The highest BCUT2D eigenvalue weighted by atomic mass is 16.6. The number of fused-ring (bicyclic) bond motifs is 1. The van der Waals surface area contributed by atoms with Crippen molar-refractivity contribution in [1.29, 1.82) is 0 Å². The number of nitro benzene ring substituents is 1. The lowest BCUT2D eigenvalue weighted by Gasteiger charge is -2.11. The number of phenolic OH excluding ortho intramolecular Hbond substituents is 1. The second-order valence-electron chi connectivity index (χ2n) is 6.22. The van der Waals surface area contributed by atoms with Gasteiger partial charge < -0.3 is 14.9 Å². The third-order valence-corrected chi connectivity index (χ3v) is 4.55. The Bertz CT molecular complexity index is 988. The average Bonchev–Trinajstić information content (AvgIpc) is 2.69. The molecule has 0 bridgehead atoms. The van der Waals surface area contributed by atoms with Gasteiger partial charge in [-0.2, -0.15) is 0 Å². The maximum Gasteiger partial charge on any atom is 0.279 e. The predicted molar refractivity (Wildman–Crippen MR) is 101 cm³/mol. The van der Waals surface area contributed by atoms with Gasteiger partial charge in [0.25, 0.3) is 5.69 Å². The summed E-state index contributed by atoms with van der Waals surface area (Å²) in [5.41, 5.74) is 2.42. The number of hydrogen-bond acceptors (Lipinski definition) is 6. The Balaban J connectivity index is 1.84. The Kier molecular flexibility index (Phi) is 5.52. The summed E-state index contributed by atoms with van der Waals surface area (Å²) < 4.78 is 5.36. The molecule has 0 radical (unpaired) electrons. The number of phenols is 1. The molecule has 7 heteroatoms. The topological polar surface area (TPSA) is 106 Å². The Morgan fingerprint density at radius 2 is 1.96 bits per heavy atom. The smallest absolute Gasteiger partial charge is 0.279 e. The van der Waals surface area contributed by atoms with Gasteiger partial charge in [-0.25, -0.2) is 0 Å². The Morgan fingerprint density at radius 1 is 1.19 bits per heavy atom. The van der Waals surface area contributed by atoms with Crippen LogP contribution in [0.4, 0.5) is 5.69 Å². The molecule has 0 amide bonds. The molecule has 0 aliphatic heterocycles. The minimum atomic E-state index is -0.455. The largest absolute Gasteiger partial charge is 0.505 e. The van der Waals surface area contributed by atoms with Gasteiger partial charge in [0.1, 0.15) is 17.0 Å². The minimum absolute atomic E-state index is 0.0150. The van der Waals surface area contributed by atoms with Gasteiger partial charge in [0, 0.05) is 17.8 Å². The number of aromatic hydroxyl groups is 1. The van der Waals surface area contributed by atoms with Crippen molar-refractivity contribution in [3.8, 4) is 11.5 Å². The van der Waals surface area contributed by atoms with Gasteiger partial charge in [-0.05, 0) is 48.6 Å². The number of benzene rings is 2. The zero-order chi connectivity index (χ0) is 19.4. The molecule has 2 N–H and O–H groups in total. The van der Waals surface area contributed by atoms with Crippen LogP contribution in [0.3, 0.4) is 0 Å². The van der Waals surface area contributed by atoms with E-state index in [9.17, 15) is 20.3 Å². The van der Waals surface area contributed by atoms with Crippen LogP contribution in [0.25, 0.3) is 10.9 Å². The average molecular weight is 368 g/mol. The molecule has 7 nitrogen and oxygen atoms in total. The standard InChI is InChI=1S/C20H20N2O5/c1-27-18-10-13(12-23)7-8-14(18)4-2-5-15-11-17(22(25)26)16-6-3-9-21-19(16)20(15)24/h3,6-11,23-24H,2,4-5,12H2,1H3. The van der Waals surface area contributed by atoms with E-state index in [2.05, 4.69) is 4.98 Å². The van der Waals surface area contributed by atoms with E-state index >= 15 is 0 Å². The van der Waals surface area contributed by atoms with Crippen molar-refractivity contribution >= 4 is 16.6 Å². The van der Waals surface area contributed by atoms with Crippen LogP contribution in [0.5, 0.6) is 11.5 Å². The molecule has 0 saturated carbocycles. The summed E-state index contributed by atoms with van der Waals surface area (Å²) in [4.78, 5) is 15.0. The molecular formula is C20H20N2O5. The van der Waals surface area contributed by atoms with Crippen LogP contribution < -0.4 is 4.74 Å². The monoisotopic (exact) mass is 368 g/mol. The highest BCUT2D eigenvalue weighted by Gasteiger charge is 2.19. The molecule has 1 aromatic heterocycles. The highest BCUT2D eigenvalue weighted by molar-refractivity contribution is 5.93. The first-order valence-corrected chi connectivity index (χ1v) is 8.55. The van der Waals surface area contributed by atoms with Gasteiger partial charge in [-0.3, -0.25) is 15.1 Å². The van der Waals surface area contributed by atoms with Crippen molar-refractivity contribution in [1.82, 2.24) is 4.98 Å². The number of methoxy groups -OCH3 is 1. The molecule has 1 heterocycles. The zero-order valence-corrected chi connectivity index (χ0v) is 14.9. The number of aromatic nitrogens is 1. The molecule has 0 atom stereocenters. The molecule has 0 aliphatic rings. The van der Waals surface area contributed by atoms with Crippen molar-refractivity contribution in [2.45, 2.75) is 25.9 Å². The summed E-state index contributed by atoms with van der Waals surface area (Å²) >= 11 is 0. The van der Waals surface area contributed by atoms with E-state index in [1.807, 2.05) is 12.1 Å². The van der Waals surface area contributed by atoms with Crippen LogP contribution in [-0.4, -0.2) is 27.2 Å². The highest BCUT2D eigenvalue weighted by Crippen LogP contribution is 2.35. The molecule has 0 fully saturated rings. The molecule has 3 aromatic rings. The summed E-state index contributed by atoms with van der Waals surface area (Å²) in [5.74, 6) is 0.677. The number of non-ortho nitro benzene ring substituents is 1. The third kappa shape index (κ3) is 3.83. The lowest BCUT2D eigenvalue weighted by molar-refractivity contribution is -0.383. The fourth-order valence-electron chi connectivity index (χ4n) is 3.17. The second kappa shape index (κ2) is 8.01. The van der Waals surface area contributed by atoms with E-state index in [1.54, 1.807) is 25.3 Å². The quantitative estimate of drug-likeness (QED) is 0.488. The van der Waals surface area contributed by atoms with Crippen LogP contribution >= 0.6 is 0 Å². The van der Waals surface area contributed by atoms with Crippen molar-refractivity contribution < 1.29 is 19.9 Å². The number of aliphatic hydroxyl groups excluding tert-OH is 1. The third-order valence-electron chi connectivity index (χ3n) is 4.55. The van der Waals surface area contributed by atoms with Crippen LogP contribution in [0.1, 0.15) is 23.1 Å². The van der Waals surface area contributed by atoms with Gasteiger partial charge in [-0.1, -0.05) is 12.1 Å². The lowest BCUT2D eigenvalue weighted by atomic mass is 9.99. The van der Waals surface area contributed by atoms with Gasteiger partial charge >= 0.3 is 0 Å². The second-order valence-corrected chi connectivity index (χ2v) is 6.22. The van der Waals surface area contributed by atoms with Crippen LogP contribution in [0, 0.1) is 10.1 Å². The van der Waals surface area contributed by atoms with Crippen LogP contribution in [0.2, 0.25) is 0 Å². The van der Waals surface area contributed by atoms with E-state index in [0.29, 0.717) is 36.0 Å². The molecule has 0 spiro atoms. The first-order chi connectivity index (χ1) is 13.0. The summed E-state index contributed by atoms with van der Waals surface area (Å²) in [6, 6.07) is 10.1.